The lowest BCUT2D eigenvalue weighted by atomic mass is 10.1. The van der Waals surface area contributed by atoms with Gasteiger partial charge in [0.25, 0.3) is 0 Å². The number of aryl methyl sites for hydroxylation is 1. The van der Waals surface area contributed by atoms with Gasteiger partial charge in [-0.15, -0.1) is 0 Å². The van der Waals surface area contributed by atoms with Gasteiger partial charge in [0.05, 0.1) is 12.9 Å². The molecule has 1 aromatic carbocycles. The van der Waals surface area contributed by atoms with Crippen molar-refractivity contribution in [2.75, 3.05) is 6.67 Å². The normalized spacial score (nSPS) is 10.8. The highest BCUT2D eigenvalue weighted by Gasteiger charge is 2.02. The Morgan fingerprint density at radius 2 is 2.06 bits per heavy atom. The van der Waals surface area contributed by atoms with Gasteiger partial charge in [0.1, 0.15) is 0 Å². The Balaban J connectivity index is 1.97. The van der Waals surface area contributed by atoms with Crippen LogP contribution in [0, 0.1) is 3.57 Å². The summed E-state index contributed by atoms with van der Waals surface area (Å²) in [6.07, 6.45) is 6.51. The molecule has 0 aliphatic rings. The minimum Gasteiger partial charge on any atom is -0.272 e. The first-order valence-electron chi connectivity index (χ1n) is 6.14. The smallest absolute Gasteiger partial charge is 0.0894 e. The number of aromatic nitrogens is 2. The summed E-state index contributed by atoms with van der Waals surface area (Å²) < 4.78 is 15.1. The van der Waals surface area contributed by atoms with E-state index in [0.717, 1.165) is 24.9 Å². The molecule has 0 radical (unpaired) electrons. The first-order chi connectivity index (χ1) is 8.79. The van der Waals surface area contributed by atoms with E-state index in [1.165, 1.54) is 9.13 Å². The van der Waals surface area contributed by atoms with Crippen LogP contribution in [0.2, 0.25) is 0 Å². The summed E-state index contributed by atoms with van der Waals surface area (Å²) in [4.78, 5) is 0. The fraction of sp³-hybridized carbons (Fsp3) is 0.357. The third-order valence-corrected chi connectivity index (χ3v) is 3.48. The van der Waals surface area contributed by atoms with Crippen LogP contribution in [-0.2, 0) is 6.54 Å². The fourth-order valence-electron chi connectivity index (χ4n) is 1.85. The first kappa shape index (κ1) is 13.5. The van der Waals surface area contributed by atoms with Crippen LogP contribution in [0.25, 0.3) is 11.1 Å². The quantitative estimate of drug-likeness (QED) is 0.556. The van der Waals surface area contributed by atoms with Crippen LogP contribution in [-0.4, -0.2) is 16.5 Å². The second-order valence-corrected chi connectivity index (χ2v) is 5.50. The molecule has 0 fully saturated rings. The van der Waals surface area contributed by atoms with Crippen molar-refractivity contribution >= 4 is 22.6 Å². The molecular weight excluding hydrogens is 342 g/mol. The van der Waals surface area contributed by atoms with Gasteiger partial charge in [-0.1, -0.05) is 12.1 Å². The summed E-state index contributed by atoms with van der Waals surface area (Å²) >= 11 is 2.31. The minimum absolute atomic E-state index is 0.215. The number of halogens is 2. The van der Waals surface area contributed by atoms with Gasteiger partial charge in [-0.05, 0) is 59.5 Å². The molecule has 96 valence electrons. The summed E-state index contributed by atoms with van der Waals surface area (Å²) in [7, 11) is 0. The van der Waals surface area contributed by atoms with Gasteiger partial charge >= 0.3 is 0 Å². The van der Waals surface area contributed by atoms with E-state index < -0.39 is 0 Å². The number of hydrogen-bond donors (Lipinski definition) is 0. The molecule has 4 heteroatoms. The zero-order valence-corrected chi connectivity index (χ0v) is 12.3. The summed E-state index contributed by atoms with van der Waals surface area (Å²) in [5.74, 6) is 0. The maximum atomic E-state index is 12.0. The van der Waals surface area contributed by atoms with E-state index in [0.29, 0.717) is 6.42 Å². The van der Waals surface area contributed by atoms with Crippen LogP contribution < -0.4 is 0 Å². The Bertz CT molecular complexity index is 496. The molecule has 18 heavy (non-hydrogen) atoms. The van der Waals surface area contributed by atoms with Crippen LogP contribution in [0.3, 0.4) is 0 Å². The second-order valence-electron chi connectivity index (χ2n) is 4.25. The fourth-order valence-corrected chi connectivity index (χ4v) is 2.39. The van der Waals surface area contributed by atoms with Gasteiger partial charge in [-0.3, -0.25) is 9.07 Å². The molecule has 0 aliphatic heterocycles. The maximum absolute atomic E-state index is 12.0. The average Bonchev–Trinajstić information content (AvgIpc) is 2.83. The predicted molar refractivity (Wildman–Crippen MR) is 80.2 cm³/mol. The largest absolute Gasteiger partial charge is 0.272 e. The van der Waals surface area contributed by atoms with Gasteiger partial charge in [0.2, 0.25) is 0 Å². The molecule has 1 heterocycles. The number of unbranched alkanes of at least 4 members (excludes halogenated alkanes) is 2. The molecule has 2 nitrogen and oxygen atoms in total. The maximum Gasteiger partial charge on any atom is 0.0894 e. The Morgan fingerprint density at radius 1 is 1.17 bits per heavy atom. The highest BCUT2D eigenvalue weighted by atomic mass is 127. The molecule has 0 saturated carbocycles. The molecule has 0 atom stereocenters. The van der Waals surface area contributed by atoms with E-state index >= 15 is 0 Å². The van der Waals surface area contributed by atoms with Crippen molar-refractivity contribution in [3.63, 3.8) is 0 Å². The van der Waals surface area contributed by atoms with Gasteiger partial charge in [0.15, 0.2) is 0 Å². The number of rotatable bonds is 6. The molecule has 0 amide bonds. The lowest BCUT2D eigenvalue weighted by Crippen LogP contribution is -1.98. The minimum atomic E-state index is -0.215. The van der Waals surface area contributed by atoms with Gasteiger partial charge in [-0.2, -0.15) is 5.10 Å². The molecule has 1 aromatic heterocycles. The summed E-state index contributed by atoms with van der Waals surface area (Å²) in [5.41, 5.74) is 2.33. The van der Waals surface area contributed by atoms with Crippen molar-refractivity contribution in [3.8, 4) is 11.1 Å². The first-order valence-corrected chi connectivity index (χ1v) is 7.22. The SMILES string of the molecule is FCCCCCn1cc(-c2cccc(I)c2)cn1. The molecule has 0 saturated heterocycles. The number of hydrogen-bond acceptors (Lipinski definition) is 1. The van der Waals surface area contributed by atoms with E-state index in [-0.39, 0.29) is 6.67 Å². The van der Waals surface area contributed by atoms with Crippen molar-refractivity contribution < 1.29 is 4.39 Å². The van der Waals surface area contributed by atoms with Crippen molar-refractivity contribution in [3.05, 3.63) is 40.2 Å². The third-order valence-electron chi connectivity index (χ3n) is 2.81. The molecular formula is C14H16FIN2. The number of alkyl halides is 1. The van der Waals surface area contributed by atoms with Crippen LogP contribution in [0.1, 0.15) is 19.3 Å². The van der Waals surface area contributed by atoms with Crippen LogP contribution in [0.15, 0.2) is 36.7 Å². The van der Waals surface area contributed by atoms with Crippen molar-refractivity contribution in [1.82, 2.24) is 9.78 Å². The van der Waals surface area contributed by atoms with E-state index in [4.69, 9.17) is 0 Å². The molecule has 0 N–H and O–H groups in total. The van der Waals surface area contributed by atoms with Crippen LogP contribution in [0.5, 0.6) is 0 Å². The van der Waals surface area contributed by atoms with E-state index in [1.807, 2.05) is 10.9 Å². The standard InChI is InChI=1S/C14H16FIN2/c15-7-2-1-3-8-18-11-13(10-17-18)12-5-4-6-14(16)9-12/h4-6,9-11H,1-3,7-8H2. The highest BCUT2D eigenvalue weighted by molar-refractivity contribution is 14.1. The molecule has 0 spiro atoms. The average molecular weight is 358 g/mol. The van der Waals surface area contributed by atoms with E-state index in [1.54, 1.807) is 0 Å². The molecule has 2 rings (SSSR count). The molecule has 0 unspecified atom stereocenters. The Hall–Kier alpha value is -0.910. The highest BCUT2D eigenvalue weighted by Crippen LogP contribution is 2.20. The van der Waals surface area contributed by atoms with Gasteiger partial charge in [0, 0.05) is 21.9 Å². The number of benzene rings is 1. The van der Waals surface area contributed by atoms with Crippen molar-refractivity contribution in [1.29, 1.82) is 0 Å². The van der Waals surface area contributed by atoms with E-state index in [2.05, 4.69) is 58.2 Å². The molecule has 0 bridgehead atoms. The summed E-state index contributed by atoms with van der Waals surface area (Å²) in [6.45, 7) is 0.650. The summed E-state index contributed by atoms with van der Waals surface area (Å²) in [6, 6.07) is 8.36. The zero-order chi connectivity index (χ0) is 12.8. The zero-order valence-electron chi connectivity index (χ0n) is 10.1. The van der Waals surface area contributed by atoms with Crippen LogP contribution >= 0.6 is 22.6 Å². The van der Waals surface area contributed by atoms with E-state index in [9.17, 15) is 4.39 Å². The third kappa shape index (κ3) is 3.80. The Morgan fingerprint density at radius 3 is 2.83 bits per heavy atom. The second kappa shape index (κ2) is 6.87. The van der Waals surface area contributed by atoms with Crippen molar-refractivity contribution in [2.45, 2.75) is 25.8 Å². The Kier molecular flexibility index (Phi) is 5.16. The van der Waals surface area contributed by atoms with Crippen LogP contribution in [0.4, 0.5) is 4.39 Å². The van der Waals surface area contributed by atoms with Crippen molar-refractivity contribution in [2.24, 2.45) is 0 Å². The topological polar surface area (TPSA) is 17.8 Å². The van der Waals surface area contributed by atoms with Gasteiger partial charge in [-0.25, -0.2) is 0 Å². The summed E-state index contributed by atoms with van der Waals surface area (Å²) in [5, 5.41) is 4.34. The molecule has 2 aromatic rings. The molecule has 0 aliphatic carbocycles. The van der Waals surface area contributed by atoms with Gasteiger partial charge < -0.3 is 0 Å². The lowest BCUT2D eigenvalue weighted by Gasteiger charge is -2.00. The Labute approximate surface area is 120 Å². The number of nitrogens with zero attached hydrogens (tertiary/aromatic N) is 2. The monoisotopic (exact) mass is 358 g/mol. The predicted octanol–water partition coefficient (Wildman–Crippen LogP) is 4.29. The lowest BCUT2D eigenvalue weighted by molar-refractivity contribution is 0.443.